The van der Waals surface area contributed by atoms with Crippen molar-refractivity contribution in [2.75, 3.05) is 170 Å². The molecule has 0 spiro atoms. The molecular weight excluding hydrogens is 1380 g/mol. The molecule has 7 heterocycles. The highest BCUT2D eigenvalue weighted by Crippen LogP contribution is 2.35. The smallest absolute Gasteiger partial charge is 0.229 e. The maximum Gasteiger partial charge on any atom is 0.229 e. The molecule has 4 aliphatic heterocycles. The predicted octanol–water partition coefficient (Wildman–Crippen LogP) is 13.1. The molecule has 104 heavy (non-hydrogen) atoms. The molecule has 6 aromatic carbocycles. The van der Waals surface area contributed by atoms with Crippen LogP contribution in [0.15, 0.2) is 173 Å². The first-order valence-corrected chi connectivity index (χ1v) is 40.2. The minimum absolute atomic E-state index is 0.205. The van der Waals surface area contributed by atoms with Gasteiger partial charge >= 0.3 is 0 Å². The van der Waals surface area contributed by atoms with E-state index in [2.05, 4.69) is 73.6 Å². The minimum atomic E-state index is -2.87. The van der Waals surface area contributed by atoms with Gasteiger partial charge in [-0.05, 0) is 181 Å². The number of hydrogen-bond donors (Lipinski definition) is 9. The lowest BCUT2D eigenvalue weighted by Gasteiger charge is -2.32. The third-order valence-corrected chi connectivity index (χ3v) is 23.3. The average molecular weight is 1470 g/mol. The molecule has 29 heteroatoms. The van der Waals surface area contributed by atoms with Crippen LogP contribution in [0.4, 0.5) is 56.8 Å². The first-order valence-electron chi connectivity index (χ1n) is 35.0. The zero-order valence-corrected chi connectivity index (χ0v) is 62.0. The Bertz CT molecular complexity index is 4710. The lowest BCUT2D eigenvalue weighted by atomic mass is 10.1. The number of anilines is 9. The summed E-state index contributed by atoms with van der Waals surface area (Å²) < 4.78 is 95.7. The lowest BCUT2D eigenvalue weighted by molar-refractivity contribution is 0.134. The second-order valence-corrected chi connectivity index (χ2v) is 33.0. The molecule has 0 aliphatic carbocycles. The molecule has 1 saturated heterocycles. The van der Waals surface area contributed by atoms with E-state index in [1.165, 1.54) is 6.07 Å². The van der Waals surface area contributed by atoms with E-state index in [0.29, 0.717) is 143 Å². The number of nitrogens with one attached hydrogen (secondary N) is 9. The van der Waals surface area contributed by atoms with Crippen molar-refractivity contribution in [2.45, 2.75) is 53.2 Å². The van der Waals surface area contributed by atoms with Gasteiger partial charge in [0, 0.05) is 150 Å². The Morgan fingerprint density at radius 3 is 1.23 bits per heavy atom. The zero-order chi connectivity index (χ0) is 73.1. The fourth-order valence-electron chi connectivity index (χ4n) is 11.6. The fourth-order valence-corrected chi connectivity index (χ4v) is 16.0. The molecule has 9 N–H and O–H groups in total. The summed E-state index contributed by atoms with van der Waals surface area (Å²) in [7, 11) is 1.54. The number of benzene rings is 6. The monoisotopic (exact) mass is 1470 g/mol. The normalized spacial score (nSPS) is 19.2. The van der Waals surface area contributed by atoms with Crippen molar-refractivity contribution < 1.29 is 31.2 Å². The maximum atomic E-state index is 14.7. The van der Waals surface area contributed by atoms with Gasteiger partial charge in [0.05, 0.1) is 29.2 Å². The minimum Gasteiger partial charge on any atom is -0.492 e. The number of piperazine rings is 1. The summed E-state index contributed by atoms with van der Waals surface area (Å²) >= 11 is 0. The predicted molar refractivity (Wildman–Crippen MR) is 414 cm³/mol. The van der Waals surface area contributed by atoms with Crippen LogP contribution >= 0.6 is 0 Å². The van der Waals surface area contributed by atoms with Crippen LogP contribution in [-0.4, -0.2) is 200 Å². The third kappa shape index (κ3) is 21.5. The van der Waals surface area contributed by atoms with Gasteiger partial charge in [0.2, 0.25) is 17.8 Å². The van der Waals surface area contributed by atoms with E-state index in [1.807, 2.05) is 112 Å². The van der Waals surface area contributed by atoms with E-state index in [1.54, 1.807) is 73.1 Å². The molecule has 3 aromatic heterocycles. The lowest BCUT2D eigenvalue weighted by Crippen LogP contribution is -2.45. The Morgan fingerprint density at radius 1 is 0.462 bits per heavy atom. The maximum absolute atomic E-state index is 14.7. The largest absolute Gasteiger partial charge is 0.492 e. The molecule has 12 bridgehead atoms. The first kappa shape index (κ1) is 75.5. The van der Waals surface area contributed by atoms with Gasteiger partial charge in [-0.1, -0.05) is 48.5 Å². The Kier molecular flexibility index (Phi) is 25.9. The fraction of sp³-hybridized carbons (Fsp3) is 0.360. The van der Waals surface area contributed by atoms with Gasteiger partial charge in [0.1, 0.15) is 48.8 Å². The summed E-state index contributed by atoms with van der Waals surface area (Å²) in [5.41, 5.74) is 7.17. The molecule has 1 fully saturated rings. The average Bonchev–Trinajstić information content (AvgIpc) is 1.25. The zero-order valence-electron chi connectivity index (χ0n) is 59.6. The number of fused-ring (bicyclic) bond motifs is 12. The number of likely N-dealkylation sites (N-methyl/N-ethyl adjacent to an activating group) is 3. The molecule has 13 rings (SSSR count). The van der Waals surface area contributed by atoms with E-state index < -0.39 is 35.0 Å². The van der Waals surface area contributed by atoms with Gasteiger partial charge in [-0.25, -0.2) is 46.3 Å². The summed E-state index contributed by atoms with van der Waals surface area (Å²) in [5.74, 6) is 5.68. The first-order chi connectivity index (χ1) is 50.2. The molecule has 0 radical (unpaired) electrons. The van der Waals surface area contributed by atoms with Crippen LogP contribution in [0.2, 0.25) is 0 Å². The van der Waals surface area contributed by atoms with Crippen LogP contribution in [0, 0.1) is 20.2 Å². The molecule has 3 unspecified atom stereocenters. The summed E-state index contributed by atoms with van der Waals surface area (Å²) in [6, 6.07) is 42.2. The van der Waals surface area contributed by atoms with E-state index >= 15 is 0 Å². The van der Waals surface area contributed by atoms with E-state index in [9.17, 15) is 17.0 Å². The molecule has 0 amide bonds. The number of hydrogen-bond acceptors (Lipinski definition) is 25. The Labute approximate surface area is 610 Å². The SMILES string of the molecule is CN(C)CCOc1ccc(-c2cnc3nc2NCCCCS(=N)(=O)c2cccc(c2)N3)cc1.CN(C)CCOc1ccc(-c2cnc3nc2NCCCCS(=N)(=O)c2cccc(c2)N3)cc1F.CN1CCN(CCOc2ccc(-c3cnc4nc3NCCCCS(=N)(=O)c3cccc(c3)N4)cc2)CC1. The van der Waals surface area contributed by atoms with Crippen molar-refractivity contribution >= 4 is 81.5 Å². The third-order valence-electron chi connectivity index (χ3n) is 17.7. The van der Waals surface area contributed by atoms with Crippen LogP contribution < -0.4 is 46.1 Å². The van der Waals surface area contributed by atoms with E-state index in [-0.39, 0.29) is 11.5 Å². The van der Waals surface area contributed by atoms with Gasteiger partial charge in [-0.3, -0.25) is 4.90 Å². The molecule has 3 atom stereocenters. The molecular formula is C75H94FN19O6S3. The number of rotatable bonds is 15. The Balaban J connectivity index is 0.000000157. The number of nitrogens with zero attached hydrogens (tertiary/aromatic N) is 10. The molecule has 25 nitrogen and oxygen atoms in total. The van der Waals surface area contributed by atoms with Crippen molar-refractivity contribution in [1.82, 2.24) is 49.5 Å². The Hall–Kier alpha value is -9.62. The van der Waals surface area contributed by atoms with Gasteiger partial charge in [-0.2, -0.15) is 15.0 Å². The Morgan fingerprint density at radius 2 is 0.837 bits per heavy atom. The van der Waals surface area contributed by atoms with Crippen molar-refractivity contribution in [1.29, 1.82) is 14.3 Å². The highest BCUT2D eigenvalue weighted by atomic mass is 32.2. The van der Waals surface area contributed by atoms with Gasteiger partial charge in [0.15, 0.2) is 11.6 Å². The molecule has 9 aromatic rings. The second kappa shape index (κ2) is 35.7. The molecule has 0 saturated carbocycles. The summed E-state index contributed by atoms with van der Waals surface area (Å²) in [6.45, 7) is 10.5. The highest BCUT2D eigenvalue weighted by molar-refractivity contribution is 7.93. The summed E-state index contributed by atoms with van der Waals surface area (Å²) in [4.78, 5) is 37.9. The van der Waals surface area contributed by atoms with Crippen molar-refractivity contribution in [3.63, 3.8) is 0 Å². The van der Waals surface area contributed by atoms with Gasteiger partial charge in [0.25, 0.3) is 0 Å². The topological polar surface area (TPSA) is 313 Å². The highest BCUT2D eigenvalue weighted by Gasteiger charge is 2.21. The number of aromatic nitrogens is 6. The second-order valence-electron chi connectivity index (χ2n) is 26.4. The van der Waals surface area contributed by atoms with Crippen LogP contribution in [0.1, 0.15) is 38.5 Å². The number of halogens is 1. The van der Waals surface area contributed by atoms with Crippen LogP contribution in [0.25, 0.3) is 33.4 Å². The van der Waals surface area contributed by atoms with Gasteiger partial charge in [-0.15, -0.1) is 0 Å². The van der Waals surface area contributed by atoms with Crippen LogP contribution in [-0.2, 0) is 29.2 Å². The van der Waals surface area contributed by atoms with Gasteiger partial charge < -0.3 is 60.8 Å². The van der Waals surface area contributed by atoms with Crippen molar-refractivity contribution in [2.24, 2.45) is 0 Å². The number of ether oxygens (including phenoxy) is 3. The molecule has 4 aliphatic rings. The van der Waals surface area contributed by atoms with Crippen molar-refractivity contribution in [3.05, 3.63) is 164 Å². The van der Waals surface area contributed by atoms with Crippen LogP contribution in [0.3, 0.4) is 0 Å². The quantitative estimate of drug-likeness (QED) is 0.0460. The van der Waals surface area contributed by atoms with Crippen molar-refractivity contribution in [3.8, 4) is 50.6 Å². The standard InChI is InChI=1S/C27H35N7O2S.C24H29FN6O2S.C24H30N6O2S/c1-33-12-14-34(15-13-33)16-17-36-23-9-7-21(8-10-23)25-20-30-27-31-22-5-4-6-24(19-22)37(28,35)18-3-2-11-29-26(25)32-27;1-31(2)11-12-33-22-9-8-17(14-21(22)25)20-16-28-24-29-18-6-5-7-19(15-18)34(26,32)13-4-3-10-27-23(20)30-24;1-30(2)13-14-32-20-10-8-18(9-11-20)22-17-27-24-28-19-6-5-7-21(16-19)33(25,31)15-4-3-12-26-23(22)29-24/h4-10,19-20,28H,2-3,11-18H2,1H3,(H2,29,30,31,32);5-9,14-16,26H,3-4,10-13H2,1-2H3,(H2,27,28,29,30);5-11,16-17,25H,3-4,12-15H2,1-2H3,(H2,26,27,28,29). The van der Waals surface area contributed by atoms with Crippen LogP contribution in [0.5, 0.6) is 17.2 Å². The van der Waals surface area contributed by atoms with E-state index in [0.717, 1.165) is 104 Å². The van der Waals surface area contributed by atoms with E-state index in [4.69, 9.17) is 38.5 Å². The summed E-state index contributed by atoms with van der Waals surface area (Å²) in [5, 5.41) is 19.6. The molecule has 550 valence electrons. The summed E-state index contributed by atoms with van der Waals surface area (Å²) in [6.07, 6.45) is 9.59.